The number of rotatable bonds is 4. The number of halogens is 3. The first-order valence-corrected chi connectivity index (χ1v) is 9.33. The minimum absolute atomic E-state index is 0.0258. The molecule has 7 heteroatoms. The minimum atomic E-state index is -3.57. The molecule has 0 aromatic heterocycles. The van der Waals surface area contributed by atoms with Crippen molar-refractivity contribution in [3.63, 3.8) is 0 Å². The maximum atomic E-state index is 12.3. The third kappa shape index (κ3) is 3.85. The van der Waals surface area contributed by atoms with E-state index in [-0.39, 0.29) is 10.9 Å². The molecule has 1 fully saturated rings. The Morgan fingerprint density at radius 1 is 1.21 bits per heavy atom. The Kier molecular flexibility index (Phi) is 5.17. The summed E-state index contributed by atoms with van der Waals surface area (Å²) >= 11 is 15.1. The SMILES string of the molecule is O=S(=O)(NC1CCCC1CBr)c1cc(Cl)cc(Cl)c1. The van der Waals surface area contributed by atoms with Crippen LogP contribution >= 0.6 is 39.1 Å². The van der Waals surface area contributed by atoms with E-state index in [1.54, 1.807) is 0 Å². The average Bonchev–Trinajstić information content (AvgIpc) is 2.74. The van der Waals surface area contributed by atoms with Crippen LogP contribution in [0.5, 0.6) is 0 Å². The van der Waals surface area contributed by atoms with E-state index in [0.29, 0.717) is 16.0 Å². The van der Waals surface area contributed by atoms with Crippen LogP contribution in [0.4, 0.5) is 0 Å². The van der Waals surface area contributed by atoms with Gasteiger partial charge < -0.3 is 0 Å². The summed E-state index contributed by atoms with van der Waals surface area (Å²) in [5.74, 6) is 0.337. The molecule has 3 nitrogen and oxygen atoms in total. The second-order valence-electron chi connectivity index (χ2n) is 4.68. The number of benzene rings is 1. The molecule has 0 heterocycles. The van der Waals surface area contributed by atoms with Crippen LogP contribution in [0.2, 0.25) is 10.0 Å². The van der Waals surface area contributed by atoms with Gasteiger partial charge in [-0.25, -0.2) is 13.1 Å². The van der Waals surface area contributed by atoms with Crippen molar-refractivity contribution >= 4 is 49.2 Å². The van der Waals surface area contributed by atoms with E-state index in [0.717, 1.165) is 24.6 Å². The van der Waals surface area contributed by atoms with Gasteiger partial charge in [0.05, 0.1) is 4.90 Å². The van der Waals surface area contributed by atoms with E-state index in [9.17, 15) is 8.42 Å². The Bertz CT molecular complexity index is 545. The monoisotopic (exact) mass is 385 g/mol. The highest BCUT2D eigenvalue weighted by Gasteiger charge is 2.30. The smallest absolute Gasteiger partial charge is 0.208 e. The highest BCUT2D eigenvalue weighted by molar-refractivity contribution is 9.09. The van der Waals surface area contributed by atoms with E-state index in [4.69, 9.17) is 23.2 Å². The summed E-state index contributed by atoms with van der Waals surface area (Å²) in [4.78, 5) is 0.116. The van der Waals surface area contributed by atoms with Gasteiger partial charge in [0.1, 0.15) is 0 Å². The summed E-state index contributed by atoms with van der Waals surface area (Å²) < 4.78 is 27.4. The number of hydrogen-bond acceptors (Lipinski definition) is 2. The zero-order valence-corrected chi connectivity index (χ0v) is 14.0. The molecule has 0 spiro atoms. The summed E-state index contributed by atoms with van der Waals surface area (Å²) in [5, 5.41) is 1.43. The lowest BCUT2D eigenvalue weighted by atomic mass is 10.1. The first-order valence-electron chi connectivity index (χ1n) is 5.97. The first kappa shape index (κ1) is 15.6. The van der Waals surface area contributed by atoms with E-state index in [1.807, 2.05) is 0 Å². The molecular weight excluding hydrogens is 373 g/mol. The van der Waals surface area contributed by atoms with Gasteiger partial charge in [-0.15, -0.1) is 0 Å². The van der Waals surface area contributed by atoms with Gasteiger partial charge in [0.25, 0.3) is 0 Å². The minimum Gasteiger partial charge on any atom is -0.208 e. The van der Waals surface area contributed by atoms with Crippen molar-refractivity contribution in [3.05, 3.63) is 28.2 Å². The first-order chi connectivity index (χ1) is 8.92. The summed E-state index contributed by atoms with van der Waals surface area (Å²) in [6.07, 6.45) is 2.94. The quantitative estimate of drug-likeness (QED) is 0.799. The molecule has 106 valence electrons. The summed E-state index contributed by atoms with van der Waals surface area (Å²) in [7, 11) is -3.57. The highest BCUT2D eigenvalue weighted by Crippen LogP contribution is 2.29. The zero-order chi connectivity index (χ0) is 14.0. The molecule has 0 saturated heterocycles. The van der Waals surface area contributed by atoms with Gasteiger partial charge in [0.2, 0.25) is 10.0 Å². The molecule has 1 aliphatic rings. The Labute approximate surface area is 131 Å². The predicted molar refractivity (Wildman–Crippen MR) is 81.7 cm³/mol. The largest absolute Gasteiger partial charge is 0.240 e. The average molecular weight is 387 g/mol. The van der Waals surface area contributed by atoms with Crippen molar-refractivity contribution < 1.29 is 8.42 Å². The molecule has 19 heavy (non-hydrogen) atoms. The standard InChI is InChI=1S/C12H14BrCl2NO2S/c13-7-8-2-1-3-12(8)16-19(17,18)11-5-9(14)4-10(15)6-11/h4-6,8,12,16H,1-3,7H2. The molecule has 2 rings (SSSR count). The lowest BCUT2D eigenvalue weighted by Crippen LogP contribution is -2.37. The van der Waals surface area contributed by atoms with Crippen LogP contribution in [0.15, 0.2) is 23.1 Å². The molecule has 1 aliphatic carbocycles. The van der Waals surface area contributed by atoms with Gasteiger partial charge >= 0.3 is 0 Å². The van der Waals surface area contributed by atoms with Crippen molar-refractivity contribution in [2.75, 3.05) is 5.33 Å². The third-order valence-corrected chi connectivity index (χ3v) is 6.05. The number of alkyl halides is 1. The number of nitrogens with one attached hydrogen (secondary N) is 1. The van der Waals surface area contributed by atoms with Crippen LogP contribution in [0.25, 0.3) is 0 Å². The van der Waals surface area contributed by atoms with Gasteiger partial charge in [-0.05, 0) is 37.0 Å². The van der Waals surface area contributed by atoms with Crippen LogP contribution in [0, 0.1) is 5.92 Å². The normalized spacial score (nSPS) is 23.7. The van der Waals surface area contributed by atoms with E-state index in [1.165, 1.54) is 18.2 Å². The van der Waals surface area contributed by atoms with Crippen molar-refractivity contribution in [2.24, 2.45) is 5.92 Å². The predicted octanol–water partition coefficient (Wildman–Crippen LogP) is 3.84. The van der Waals surface area contributed by atoms with Gasteiger partial charge in [0.15, 0.2) is 0 Å². The molecule has 2 atom stereocenters. The summed E-state index contributed by atoms with van der Waals surface area (Å²) in [6.45, 7) is 0. The topological polar surface area (TPSA) is 46.2 Å². The Morgan fingerprint density at radius 2 is 1.84 bits per heavy atom. The fourth-order valence-electron chi connectivity index (χ4n) is 2.33. The van der Waals surface area contributed by atoms with Gasteiger partial charge in [-0.1, -0.05) is 45.6 Å². The van der Waals surface area contributed by atoms with Crippen molar-refractivity contribution in [2.45, 2.75) is 30.2 Å². The van der Waals surface area contributed by atoms with E-state index < -0.39 is 10.0 Å². The number of hydrogen-bond donors (Lipinski definition) is 1. The molecular formula is C12H14BrCl2NO2S. The van der Waals surface area contributed by atoms with Crippen molar-refractivity contribution in [1.29, 1.82) is 0 Å². The maximum absolute atomic E-state index is 12.3. The van der Waals surface area contributed by atoms with E-state index >= 15 is 0 Å². The Balaban J connectivity index is 2.22. The summed E-state index contributed by atoms with van der Waals surface area (Å²) in [5.41, 5.74) is 0. The fraction of sp³-hybridized carbons (Fsp3) is 0.500. The van der Waals surface area contributed by atoms with Crippen LogP contribution < -0.4 is 4.72 Å². The molecule has 0 radical (unpaired) electrons. The lowest BCUT2D eigenvalue weighted by molar-refractivity contribution is 0.484. The molecule has 2 unspecified atom stereocenters. The molecule has 0 amide bonds. The second kappa shape index (κ2) is 6.31. The van der Waals surface area contributed by atoms with Gasteiger partial charge in [0, 0.05) is 21.4 Å². The molecule has 1 N–H and O–H groups in total. The van der Waals surface area contributed by atoms with Gasteiger partial charge in [-0.2, -0.15) is 0 Å². The van der Waals surface area contributed by atoms with E-state index in [2.05, 4.69) is 20.7 Å². The van der Waals surface area contributed by atoms with Crippen molar-refractivity contribution in [1.82, 2.24) is 4.72 Å². The van der Waals surface area contributed by atoms with Crippen molar-refractivity contribution in [3.8, 4) is 0 Å². The molecule has 0 bridgehead atoms. The van der Waals surface area contributed by atoms with Crippen LogP contribution in [0.3, 0.4) is 0 Å². The second-order valence-corrected chi connectivity index (χ2v) is 7.91. The zero-order valence-electron chi connectivity index (χ0n) is 10.1. The Hall–Kier alpha value is 0.190. The van der Waals surface area contributed by atoms with Crippen LogP contribution in [-0.2, 0) is 10.0 Å². The fourth-order valence-corrected chi connectivity index (χ4v) is 5.17. The number of sulfonamides is 1. The highest BCUT2D eigenvalue weighted by atomic mass is 79.9. The maximum Gasteiger partial charge on any atom is 0.240 e. The van der Waals surface area contributed by atoms with Gasteiger partial charge in [-0.3, -0.25) is 0 Å². The van der Waals surface area contributed by atoms with Crippen LogP contribution in [-0.4, -0.2) is 19.8 Å². The molecule has 1 aromatic carbocycles. The molecule has 0 aliphatic heterocycles. The summed E-state index contributed by atoms with van der Waals surface area (Å²) in [6, 6.07) is 4.31. The molecule has 1 aromatic rings. The van der Waals surface area contributed by atoms with Crippen LogP contribution in [0.1, 0.15) is 19.3 Å². The molecule has 1 saturated carbocycles. The third-order valence-electron chi connectivity index (χ3n) is 3.31. The Morgan fingerprint density at radius 3 is 2.42 bits per heavy atom. The lowest BCUT2D eigenvalue weighted by Gasteiger charge is -2.19.